The molecular formula is C4H14Cl2N2Pt. The van der Waals surface area contributed by atoms with E-state index in [9.17, 15) is 0 Å². The zero-order valence-electron chi connectivity index (χ0n) is 5.64. The Balaban J connectivity index is -0.00000000889. The molecule has 0 unspecified atom stereocenters. The zero-order chi connectivity index (χ0) is 5.41. The Kier molecular flexibility index (Phi) is 215. The van der Waals surface area contributed by atoms with Gasteiger partial charge in [0, 0.05) is 0 Å². The van der Waals surface area contributed by atoms with Gasteiger partial charge in [0.25, 0.3) is 0 Å². The van der Waals surface area contributed by atoms with Gasteiger partial charge in [-0.05, 0) is 13.1 Å². The number of hydrogen-bond acceptors (Lipinski definition) is 2. The third-order valence-corrected chi connectivity index (χ3v) is 0. The van der Waals surface area contributed by atoms with Gasteiger partial charge < -0.3 is 36.3 Å². The van der Waals surface area contributed by atoms with E-state index in [0.29, 0.717) is 0 Å². The van der Waals surface area contributed by atoms with Crippen molar-refractivity contribution in [3.63, 3.8) is 0 Å². The van der Waals surface area contributed by atoms with Crippen molar-refractivity contribution in [2.75, 3.05) is 13.1 Å². The molecule has 0 aromatic rings. The Morgan fingerprint density at radius 2 is 0.889 bits per heavy atom. The Hall–Kier alpha value is 1.19. The van der Waals surface area contributed by atoms with Crippen LogP contribution in [0.4, 0.5) is 0 Å². The summed E-state index contributed by atoms with van der Waals surface area (Å²) >= 11 is 0. The fourth-order valence-electron chi connectivity index (χ4n) is 0. The van der Waals surface area contributed by atoms with E-state index >= 15 is 0 Å². The fraction of sp³-hybridized carbons (Fsp3) is 1.00. The molecule has 4 N–H and O–H groups in total. The van der Waals surface area contributed by atoms with E-state index in [0.717, 1.165) is 13.1 Å². The first kappa shape index (κ1) is 32.0. The van der Waals surface area contributed by atoms with Crippen molar-refractivity contribution >= 4 is 0 Å². The topological polar surface area (TPSA) is 52.0 Å². The predicted molar refractivity (Wildman–Crippen MR) is 29.5 cm³/mol. The summed E-state index contributed by atoms with van der Waals surface area (Å²) in [5, 5.41) is 0. The molecular weight excluding hydrogens is 342 g/mol. The maximum atomic E-state index is 4.85. The van der Waals surface area contributed by atoms with Crippen molar-refractivity contribution in [1.82, 2.24) is 0 Å². The van der Waals surface area contributed by atoms with Crippen LogP contribution in [0, 0.1) is 0 Å². The van der Waals surface area contributed by atoms with Crippen LogP contribution < -0.4 is 36.3 Å². The molecule has 0 bridgehead atoms. The van der Waals surface area contributed by atoms with Crippen LogP contribution in [0.15, 0.2) is 0 Å². The summed E-state index contributed by atoms with van der Waals surface area (Å²) in [6.07, 6.45) is 0. The number of rotatable bonds is 0. The molecule has 9 heavy (non-hydrogen) atoms. The second-order valence-corrected chi connectivity index (χ2v) is 0.816. The fourth-order valence-corrected chi connectivity index (χ4v) is 0. The van der Waals surface area contributed by atoms with Crippen LogP contribution in [-0.2, 0) is 21.1 Å². The van der Waals surface area contributed by atoms with E-state index in [1.807, 2.05) is 13.8 Å². The van der Waals surface area contributed by atoms with E-state index in [-0.39, 0.29) is 45.9 Å². The molecule has 0 aliphatic heterocycles. The zero-order valence-corrected chi connectivity index (χ0v) is 9.43. The van der Waals surface area contributed by atoms with Gasteiger partial charge >= 0.3 is 21.1 Å². The van der Waals surface area contributed by atoms with Gasteiger partial charge in [-0.2, -0.15) is 0 Å². The Labute approximate surface area is 84.2 Å². The maximum Gasteiger partial charge on any atom is 2.00 e. The van der Waals surface area contributed by atoms with Crippen molar-refractivity contribution < 1.29 is 45.9 Å². The van der Waals surface area contributed by atoms with Crippen LogP contribution in [-0.4, -0.2) is 13.1 Å². The van der Waals surface area contributed by atoms with Crippen molar-refractivity contribution in [2.45, 2.75) is 13.8 Å². The summed E-state index contributed by atoms with van der Waals surface area (Å²) in [5.74, 6) is 0. The summed E-state index contributed by atoms with van der Waals surface area (Å²) in [5.41, 5.74) is 9.69. The third kappa shape index (κ3) is 336. The van der Waals surface area contributed by atoms with Crippen molar-refractivity contribution in [3.05, 3.63) is 0 Å². The summed E-state index contributed by atoms with van der Waals surface area (Å²) in [6.45, 7) is 5.31. The van der Waals surface area contributed by atoms with Crippen molar-refractivity contribution in [3.8, 4) is 0 Å². The predicted octanol–water partition coefficient (Wildman–Crippen LogP) is -6.06. The average molecular weight is 356 g/mol. The van der Waals surface area contributed by atoms with Crippen LogP contribution in [0.1, 0.15) is 13.8 Å². The first-order chi connectivity index (χ1) is 2.83. The van der Waals surface area contributed by atoms with Crippen LogP contribution in [0.25, 0.3) is 0 Å². The quantitative estimate of drug-likeness (QED) is 0.454. The summed E-state index contributed by atoms with van der Waals surface area (Å²) in [6, 6.07) is 0. The molecule has 0 aliphatic carbocycles. The molecule has 0 saturated heterocycles. The number of halogens is 2. The van der Waals surface area contributed by atoms with Crippen molar-refractivity contribution in [1.29, 1.82) is 0 Å². The van der Waals surface area contributed by atoms with Gasteiger partial charge in [0.15, 0.2) is 0 Å². The monoisotopic (exact) mass is 355 g/mol. The van der Waals surface area contributed by atoms with E-state index in [2.05, 4.69) is 0 Å². The van der Waals surface area contributed by atoms with E-state index in [1.54, 1.807) is 0 Å². The summed E-state index contributed by atoms with van der Waals surface area (Å²) in [4.78, 5) is 0. The standard InChI is InChI=1S/2C2H7N.2ClH.Pt/c2*1-2-3;;;/h2*2-3H2,1H3;2*1H;/q;;;;+2/p-2. The Morgan fingerprint density at radius 3 is 0.889 bits per heavy atom. The molecule has 0 amide bonds. The molecule has 0 fully saturated rings. The number of nitrogens with two attached hydrogens (primary N) is 2. The molecule has 0 aliphatic rings. The van der Waals surface area contributed by atoms with Crippen LogP contribution in [0.3, 0.4) is 0 Å². The summed E-state index contributed by atoms with van der Waals surface area (Å²) < 4.78 is 0. The molecule has 0 aromatic carbocycles. The second-order valence-electron chi connectivity index (χ2n) is 0.816. The van der Waals surface area contributed by atoms with Gasteiger partial charge in [0.2, 0.25) is 0 Å². The molecule has 0 spiro atoms. The minimum absolute atomic E-state index is 0. The minimum Gasteiger partial charge on any atom is -1.00 e. The van der Waals surface area contributed by atoms with Crippen molar-refractivity contribution in [2.24, 2.45) is 11.5 Å². The van der Waals surface area contributed by atoms with Gasteiger partial charge in [-0.15, -0.1) is 0 Å². The molecule has 0 heterocycles. The van der Waals surface area contributed by atoms with E-state index in [1.165, 1.54) is 0 Å². The third-order valence-electron chi connectivity index (χ3n) is 0. The van der Waals surface area contributed by atoms with Gasteiger partial charge in [-0.1, -0.05) is 13.8 Å². The van der Waals surface area contributed by atoms with Crippen LogP contribution >= 0.6 is 0 Å². The molecule has 0 radical (unpaired) electrons. The van der Waals surface area contributed by atoms with Crippen LogP contribution in [0.2, 0.25) is 0 Å². The second kappa shape index (κ2) is 60.6. The molecule has 0 rings (SSSR count). The van der Waals surface area contributed by atoms with Gasteiger partial charge in [-0.25, -0.2) is 0 Å². The van der Waals surface area contributed by atoms with E-state index in [4.69, 9.17) is 11.5 Å². The van der Waals surface area contributed by atoms with Gasteiger partial charge in [0.1, 0.15) is 0 Å². The van der Waals surface area contributed by atoms with Gasteiger partial charge in [-0.3, -0.25) is 0 Å². The molecule has 0 atom stereocenters. The maximum absolute atomic E-state index is 4.85. The molecule has 64 valence electrons. The largest absolute Gasteiger partial charge is 2.00 e. The molecule has 2 nitrogen and oxygen atoms in total. The van der Waals surface area contributed by atoms with Gasteiger partial charge in [0.05, 0.1) is 0 Å². The molecule has 5 heteroatoms. The van der Waals surface area contributed by atoms with Crippen LogP contribution in [0.5, 0.6) is 0 Å². The minimum atomic E-state index is 0. The molecule has 0 aromatic heterocycles. The number of hydrogen-bond donors (Lipinski definition) is 2. The van der Waals surface area contributed by atoms with E-state index < -0.39 is 0 Å². The molecule has 0 saturated carbocycles. The summed E-state index contributed by atoms with van der Waals surface area (Å²) in [7, 11) is 0. The smallest absolute Gasteiger partial charge is 1.00 e. The Morgan fingerprint density at radius 1 is 0.889 bits per heavy atom. The Bertz CT molecular complexity index is 18.5. The SMILES string of the molecule is CCN.CCN.[Cl-].[Cl-].[Pt+2]. The average Bonchev–Trinajstić information content (AvgIpc) is 1.39. The first-order valence-electron chi connectivity index (χ1n) is 2.23. The first-order valence-corrected chi connectivity index (χ1v) is 2.23. The normalized spacial score (nSPS) is 4.00.